The van der Waals surface area contributed by atoms with Gasteiger partial charge in [0.25, 0.3) is 5.69 Å². The second kappa shape index (κ2) is 6.37. The van der Waals surface area contributed by atoms with Crippen LogP contribution in [0.5, 0.6) is 0 Å². The van der Waals surface area contributed by atoms with Gasteiger partial charge in [-0.25, -0.2) is 4.79 Å². The van der Waals surface area contributed by atoms with Crippen LogP contribution < -0.4 is 0 Å². The van der Waals surface area contributed by atoms with Crippen molar-refractivity contribution in [2.75, 3.05) is 0 Å². The first-order chi connectivity index (χ1) is 7.02. The fourth-order valence-electron chi connectivity index (χ4n) is 1.09. The van der Waals surface area contributed by atoms with Crippen LogP contribution >= 0.6 is 0 Å². The Kier molecular flexibility index (Phi) is 5.87. The van der Waals surface area contributed by atoms with Gasteiger partial charge < -0.3 is 5.11 Å². The first-order valence-electron chi connectivity index (χ1n) is 4.01. The van der Waals surface area contributed by atoms with Crippen LogP contribution in [0.3, 0.4) is 0 Å². The molecule has 0 unspecified atom stereocenters. The summed E-state index contributed by atoms with van der Waals surface area (Å²) in [6.07, 6.45) is -0.466. The fourth-order valence-corrected chi connectivity index (χ4v) is 1.09. The molecule has 1 aromatic carbocycles. The number of carboxylic acid groups (broad SMARTS) is 1. The van der Waals surface area contributed by atoms with E-state index in [0.29, 0.717) is 0 Å². The Bertz CT molecular complexity index is 432. The first-order valence-corrected chi connectivity index (χ1v) is 4.01. The van der Waals surface area contributed by atoms with E-state index in [0.717, 1.165) is 0 Å². The molecule has 0 spiro atoms. The molecule has 1 rings (SSSR count). The number of carboxylic acids is 1. The maximum Gasteiger partial charge on any atom is 0.372 e. The van der Waals surface area contributed by atoms with E-state index in [2.05, 4.69) is 0 Å². The van der Waals surface area contributed by atoms with E-state index in [1.54, 1.807) is 0 Å². The Labute approximate surface area is 113 Å². The normalized spacial score (nSPS) is 9.00. The number of hydrogen-bond donors (Lipinski definition) is 1. The Hall–Kier alpha value is -1.24. The molecule has 0 amide bonds. The Morgan fingerprint density at radius 1 is 1.31 bits per heavy atom. The molecule has 7 heteroatoms. The predicted octanol–water partition coefficient (Wildman–Crippen LogP) is 0.410. The molecule has 0 bridgehead atoms. The van der Waals surface area contributed by atoms with Crippen LogP contribution in [-0.4, -0.2) is 51.3 Å². The monoisotopic (exact) mass is 232 g/mol. The maximum absolute atomic E-state index is 10.9. The average Bonchev–Trinajstić information content (AvgIpc) is 2.18. The molecule has 0 aliphatic carbocycles. The van der Waals surface area contributed by atoms with Crippen LogP contribution in [0.15, 0.2) is 24.3 Å². The summed E-state index contributed by atoms with van der Waals surface area (Å²) in [4.78, 5) is 31.0. The Balaban J connectivity index is 0.00000225. The summed E-state index contributed by atoms with van der Waals surface area (Å²) in [5, 5.41) is 18.9. The van der Waals surface area contributed by atoms with Gasteiger partial charge >= 0.3 is 5.97 Å². The summed E-state index contributed by atoms with van der Waals surface area (Å²) >= 11 is 0. The SMILES string of the molecule is O=C(O)C(=O)Cc1ccccc1[N+](=O)[O-].[Na]. The van der Waals surface area contributed by atoms with Gasteiger partial charge in [0.1, 0.15) is 0 Å². The van der Waals surface area contributed by atoms with Crippen molar-refractivity contribution >= 4 is 47.0 Å². The smallest absolute Gasteiger partial charge is 0.372 e. The van der Waals surface area contributed by atoms with Gasteiger partial charge in [-0.3, -0.25) is 14.9 Å². The van der Waals surface area contributed by atoms with Crippen LogP contribution in [-0.2, 0) is 16.0 Å². The van der Waals surface area contributed by atoms with Gasteiger partial charge in [0.15, 0.2) is 0 Å². The molecule has 1 radical (unpaired) electrons. The summed E-state index contributed by atoms with van der Waals surface area (Å²) in [6, 6.07) is 5.55. The number of nitro groups is 1. The van der Waals surface area contributed by atoms with Crippen molar-refractivity contribution in [2.45, 2.75) is 6.42 Å². The van der Waals surface area contributed by atoms with Crippen molar-refractivity contribution in [3.63, 3.8) is 0 Å². The van der Waals surface area contributed by atoms with Crippen LogP contribution in [0, 0.1) is 10.1 Å². The number of benzene rings is 1. The molecule has 0 fully saturated rings. The molecule has 0 aliphatic heterocycles. The zero-order chi connectivity index (χ0) is 11.4. The van der Waals surface area contributed by atoms with E-state index in [4.69, 9.17) is 5.11 Å². The van der Waals surface area contributed by atoms with Crippen molar-refractivity contribution < 1.29 is 19.6 Å². The summed E-state index contributed by atoms with van der Waals surface area (Å²) < 4.78 is 0. The molecule has 0 aromatic heterocycles. The van der Waals surface area contributed by atoms with E-state index >= 15 is 0 Å². The number of aliphatic carboxylic acids is 1. The van der Waals surface area contributed by atoms with E-state index in [-0.39, 0.29) is 40.8 Å². The molecule has 0 heterocycles. The van der Waals surface area contributed by atoms with Crippen molar-refractivity contribution in [1.29, 1.82) is 0 Å². The number of ketones is 1. The number of carbonyl (C=O) groups excluding carboxylic acids is 1. The van der Waals surface area contributed by atoms with Gasteiger partial charge in [0.2, 0.25) is 5.78 Å². The van der Waals surface area contributed by atoms with Gasteiger partial charge in [0.05, 0.1) is 4.92 Å². The molecule has 0 saturated heterocycles. The summed E-state index contributed by atoms with van der Waals surface area (Å²) in [7, 11) is 0. The summed E-state index contributed by atoms with van der Waals surface area (Å²) in [5.74, 6) is -2.66. The van der Waals surface area contributed by atoms with Gasteiger partial charge in [-0.05, 0) is 0 Å². The molecule has 79 valence electrons. The largest absolute Gasteiger partial charge is 0.475 e. The van der Waals surface area contributed by atoms with Crippen LogP contribution in [0.25, 0.3) is 0 Å². The molecular formula is C9H7NNaO5. The molecular weight excluding hydrogens is 225 g/mol. The van der Waals surface area contributed by atoms with E-state index in [1.807, 2.05) is 0 Å². The quantitative estimate of drug-likeness (QED) is 0.351. The first kappa shape index (κ1) is 14.8. The molecule has 0 aliphatic rings. The number of para-hydroxylation sites is 1. The maximum atomic E-state index is 10.9. The van der Waals surface area contributed by atoms with E-state index < -0.39 is 23.1 Å². The van der Waals surface area contributed by atoms with Crippen molar-refractivity contribution in [3.8, 4) is 0 Å². The molecule has 1 aromatic rings. The number of hydrogen-bond acceptors (Lipinski definition) is 4. The van der Waals surface area contributed by atoms with Crippen LogP contribution in [0.1, 0.15) is 5.56 Å². The minimum Gasteiger partial charge on any atom is -0.475 e. The molecule has 16 heavy (non-hydrogen) atoms. The summed E-state index contributed by atoms with van der Waals surface area (Å²) in [5.41, 5.74) is -0.137. The predicted molar refractivity (Wildman–Crippen MR) is 55.2 cm³/mol. The van der Waals surface area contributed by atoms with Crippen LogP contribution in [0.4, 0.5) is 5.69 Å². The van der Waals surface area contributed by atoms with Crippen molar-refractivity contribution in [2.24, 2.45) is 0 Å². The fraction of sp³-hybridized carbons (Fsp3) is 0.111. The standard InChI is InChI=1S/C9H7NO5.Na/c11-8(9(12)13)5-6-3-1-2-4-7(6)10(14)15;/h1-4H,5H2,(H,12,13);. The van der Waals surface area contributed by atoms with Gasteiger partial charge in [-0.1, -0.05) is 18.2 Å². The third-order valence-electron chi connectivity index (χ3n) is 1.78. The number of nitro benzene ring substituents is 1. The molecule has 6 nitrogen and oxygen atoms in total. The third-order valence-corrected chi connectivity index (χ3v) is 1.78. The summed E-state index contributed by atoms with van der Waals surface area (Å²) in [6.45, 7) is 0. The van der Waals surface area contributed by atoms with Crippen molar-refractivity contribution in [3.05, 3.63) is 39.9 Å². The van der Waals surface area contributed by atoms with Gasteiger partial charge in [-0.15, -0.1) is 0 Å². The third kappa shape index (κ3) is 3.73. The second-order valence-electron chi connectivity index (χ2n) is 2.79. The Morgan fingerprint density at radius 3 is 2.38 bits per heavy atom. The Morgan fingerprint density at radius 2 is 1.88 bits per heavy atom. The molecule has 0 atom stereocenters. The van der Waals surface area contributed by atoms with Crippen LogP contribution in [0.2, 0.25) is 0 Å². The minimum absolute atomic E-state index is 0. The zero-order valence-corrected chi connectivity index (χ0v) is 10.5. The van der Waals surface area contributed by atoms with E-state index in [9.17, 15) is 19.7 Å². The number of nitrogens with zero attached hydrogens (tertiary/aromatic N) is 1. The van der Waals surface area contributed by atoms with E-state index in [1.165, 1.54) is 24.3 Å². The number of carbonyl (C=O) groups is 2. The number of Topliss-reactive ketones (excluding diaryl/α,β-unsaturated/α-hetero) is 1. The van der Waals surface area contributed by atoms with Gasteiger partial charge in [0, 0.05) is 47.6 Å². The second-order valence-corrected chi connectivity index (χ2v) is 2.79. The average molecular weight is 232 g/mol. The van der Waals surface area contributed by atoms with Gasteiger partial charge in [-0.2, -0.15) is 0 Å². The van der Waals surface area contributed by atoms with Crippen molar-refractivity contribution in [1.82, 2.24) is 0 Å². The number of rotatable bonds is 4. The molecule has 0 saturated carbocycles. The molecule has 1 N–H and O–H groups in total. The zero-order valence-electron chi connectivity index (χ0n) is 8.54. The minimum atomic E-state index is -1.59. The topological polar surface area (TPSA) is 97.5 Å².